The number of ether oxygens (including phenoxy) is 1. The third-order valence-corrected chi connectivity index (χ3v) is 6.83. The number of sulfonamides is 1. The van der Waals surface area contributed by atoms with Crippen molar-refractivity contribution in [2.75, 3.05) is 36.0 Å². The Bertz CT molecular complexity index is 934. The molecule has 0 saturated carbocycles. The van der Waals surface area contributed by atoms with E-state index >= 15 is 0 Å². The quantitative estimate of drug-likeness (QED) is 0.477. The number of rotatable bonds is 11. The lowest BCUT2D eigenvalue weighted by Crippen LogP contribution is -2.41. The van der Waals surface area contributed by atoms with Crippen molar-refractivity contribution >= 4 is 56.6 Å². The van der Waals surface area contributed by atoms with Crippen molar-refractivity contribution in [1.82, 2.24) is 5.32 Å². The zero-order chi connectivity index (χ0) is 22.1. The van der Waals surface area contributed by atoms with E-state index in [9.17, 15) is 13.2 Å². The number of amides is 1. The minimum atomic E-state index is -3.62. The van der Waals surface area contributed by atoms with E-state index in [0.717, 1.165) is 16.1 Å². The van der Waals surface area contributed by atoms with Crippen LogP contribution in [0.2, 0.25) is 10.0 Å². The Balaban J connectivity index is 1.86. The van der Waals surface area contributed by atoms with E-state index in [1.165, 1.54) is 0 Å². The van der Waals surface area contributed by atoms with E-state index < -0.39 is 10.0 Å². The third-order valence-electron chi connectivity index (χ3n) is 4.00. The van der Waals surface area contributed by atoms with Gasteiger partial charge in [0.15, 0.2) is 0 Å². The van der Waals surface area contributed by atoms with Gasteiger partial charge in [0.05, 0.1) is 18.6 Å². The molecule has 6 nitrogen and oxygen atoms in total. The fourth-order valence-corrected chi connectivity index (χ4v) is 5.02. The smallest absolute Gasteiger partial charge is 0.240 e. The Morgan fingerprint density at radius 3 is 2.33 bits per heavy atom. The Kier molecular flexibility index (Phi) is 9.61. The second-order valence-corrected chi connectivity index (χ2v) is 10.1. The molecule has 2 aromatic rings. The van der Waals surface area contributed by atoms with Gasteiger partial charge in [0.2, 0.25) is 15.9 Å². The van der Waals surface area contributed by atoms with Crippen LogP contribution in [0.1, 0.15) is 12.5 Å². The Morgan fingerprint density at radius 1 is 1.13 bits per heavy atom. The fourth-order valence-electron chi connectivity index (χ4n) is 2.57. The first-order chi connectivity index (χ1) is 14.2. The summed E-state index contributed by atoms with van der Waals surface area (Å²) in [4.78, 5) is 12.3. The predicted octanol–water partition coefficient (Wildman–Crippen LogP) is 4.21. The lowest BCUT2D eigenvalue weighted by atomic mass is 10.2. The van der Waals surface area contributed by atoms with Gasteiger partial charge in [-0.15, -0.1) is 0 Å². The van der Waals surface area contributed by atoms with Crippen molar-refractivity contribution in [2.24, 2.45) is 0 Å². The fraction of sp³-hybridized carbons (Fsp3) is 0.350. The van der Waals surface area contributed by atoms with E-state index in [2.05, 4.69) is 5.32 Å². The molecule has 0 fully saturated rings. The zero-order valence-corrected chi connectivity index (χ0v) is 19.9. The molecule has 0 atom stereocenters. The van der Waals surface area contributed by atoms with Gasteiger partial charge in [-0.25, -0.2) is 8.42 Å². The molecule has 2 rings (SSSR count). The molecule has 30 heavy (non-hydrogen) atoms. The number of hydrogen-bond donors (Lipinski definition) is 1. The normalized spacial score (nSPS) is 11.2. The van der Waals surface area contributed by atoms with E-state index in [4.69, 9.17) is 27.9 Å². The topological polar surface area (TPSA) is 75.7 Å². The van der Waals surface area contributed by atoms with Gasteiger partial charge >= 0.3 is 0 Å². The van der Waals surface area contributed by atoms with E-state index in [1.807, 2.05) is 6.92 Å². The number of hydrogen-bond acceptors (Lipinski definition) is 5. The number of nitrogens with zero attached hydrogens (tertiary/aromatic N) is 1. The van der Waals surface area contributed by atoms with Crippen molar-refractivity contribution in [1.29, 1.82) is 0 Å². The van der Waals surface area contributed by atoms with Gasteiger partial charge in [-0.05, 0) is 48.9 Å². The van der Waals surface area contributed by atoms with Gasteiger partial charge in [-0.3, -0.25) is 9.10 Å². The standard InChI is InChI=1S/C20H24Cl2N2O4S2/c1-3-28-16-9-7-15(8-10-16)24(30(2,26)27)13-20(25)23-11-12-29-14-17-18(21)5-4-6-19(17)22/h4-10H,3,11-14H2,1-2H3,(H,23,25). The largest absolute Gasteiger partial charge is 0.494 e. The first kappa shape index (κ1) is 24.7. The summed E-state index contributed by atoms with van der Waals surface area (Å²) < 4.78 is 30.7. The summed E-state index contributed by atoms with van der Waals surface area (Å²) >= 11 is 13.9. The molecule has 0 spiro atoms. The van der Waals surface area contributed by atoms with Crippen LogP contribution in [-0.4, -0.2) is 46.0 Å². The molecule has 1 amide bonds. The van der Waals surface area contributed by atoms with Gasteiger partial charge in [0, 0.05) is 28.1 Å². The zero-order valence-electron chi connectivity index (χ0n) is 16.7. The Hall–Kier alpha value is -1.61. The average Bonchev–Trinajstić information content (AvgIpc) is 2.68. The SMILES string of the molecule is CCOc1ccc(N(CC(=O)NCCSCc2c(Cl)cccc2Cl)S(C)(=O)=O)cc1. The number of halogens is 2. The molecule has 0 heterocycles. The molecule has 2 aromatic carbocycles. The van der Waals surface area contributed by atoms with Crippen LogP contribution >= 0.6 is 35.0 Å². The molecule has 0 aliphatic carbocycles. The number of thioether (sulfide) groups is 1. The summed E-state index contributed by atoms with van der Waals surface area (Å²) in [5, 5.41) is 3.96. The molecular formula is C20H24Cl2N2O4S2. The number of nitrogens with one attached hydrogen (secondary N) is 1. The highest BCUT2D eigenvalue weighted by molar-refractivity contribution is 7.98. The monoisotopic (exact) mass is 490 g/mol. The minimum Gasteiger partial charge on any atom is -0.494 e. The van der Waals surface area contributed by atoms with Gasteiger partial charge in [0.1, 0.15) is 12.3 Å². The molecule has 164 valence electrons. The van der Waals surface area contributed by atoms with E-state index in [0.29, 0.717) is 46.1 Å². The van der Waals surface area contributed by atoms with Crippen molar-refractivity contribution in [3.8, 4) is 5.75 Å². The first-order valence-electron chi connectivity index (χ1n) is 9.20. The van der Waals surface area contributed by atoms with Crippen LogP contribution in [0.3, 0.4) is 0 Å². The van der Waals surface area contributed by atoms with Crippen LogP contribution in [0.4, 0.5) is 5.69 Å². The molecule has 0 saturated heterocycles. The van der Waals surface area contributed by atoms with Gasteiger partial charge in [-0.2, -0.15) is 11.8 Å². The molecule has 0 aromatic heterocycles. The molecule has 0 aliphatic rings. The van der Waals surface area contributed by atoms with Crippen LogP contribution < -0.4 is 14.4 Å². The highest BCUT2D eigenvalue weighted by Crippen LogP contribution is 2.28. The highest BCUT2D eigenvalue weighted by atomic mass is 35.5. The molecular weight excluding hydrogens is 467 g/mol. The molecule has 0 aliphatic heterocycles. The van der Waals surface area contributed by atoms with Crippen LogP contribution in [0.5, 0.6) is 5.75 Å². The van der Waals surface area contributed by atoms with Crippen LogP contribution in [0, 0.1) is 0 Å². The summed E-state index contributed by atoms with van der Waals surface area (Å²) in [6.07, 6.45) is 1.07. The van der Waals surface area contributed by atoms with Crippen molar-refractivity contribution < 1.29 is 17.9 Å². The van der Waals surface area contributed by atoms with E-state index in [-0.39, 0.29) is 12.5 Å². The van der Waals surface area contributed by atoms with Gasteiger partial charge in [-0.1, -0.05) is 29.3 Å². The maximum atomic E-state index is 12.3. The van der Waals surface area contributed by atoms with Crippen molar-refractivity contribution in [2.45, 2.75) is 12.7 Å². The second-order valence-electron chi connectivity index (χ2n) is 6.30. The van der Waals surface area contributed by atoms with Crippen molar-refractivity contribution in [3.63, 3.8) is 0 Å². The lowest BCUT2D eigenvalue weighted by molar-refractivity contribution is -0.119. The number of carbonyl (C=O) groups excluding carboxylic acids is 1. The Morgan fingerprint density at radius 2 is 1.77 bits per heavy atom. The van der Waals surface area contributed by atoms with Crippen LogP contribution in [0.25, 0.3) is 0 Å². The summed E-state index contributed by atoms with van der Waals surface area (Å²) in [5.74, 6) is 1.51. The third kappa shape index (κ3) is 7.58. The summed E-state index contributed by atoms with van der Waals surface area (Å²) in [5.41, 5.74) is 1.26. The molecule has 1 N–H and O–H groups in total. The lowest BCUT2D eigenvalue weighted by Gasteiger charge is -2.22. The maximum absolute atomic E-state index is 12.3. The maximum Gasteiger partial charge on any atom is 0.240 e. The predicted molar refractivity (Wildman–Crippen MR) is 125 cm³/mol. The van der Waals surface area contributed by atoms with Gasteiger partial charge < -0.3 is 10.1 Å². The number of anilines is 1. The molecule has 0 unspecified atom stereocenters. The van der Waals surface area contributed by atoms with Crippen LogP contribution in [-0.2, 0) is 20.6 Å². The van der Waals surface area contributed by atoms with Gasteiger partial charge in [0.25, 0.3) is 0 Å². The second kappa shape index (κ2) is 11.7. The Labute approximate surface area is 191 Å². The molecule has 0 bridgehead atoms. The van der Waals surface area contributed by atoms with Crippen molar-refractivity contribution in [3.05, 3.63) is 58.1 Å². The number of carbonyl (C=O) groups is 1. The number of benzene rings is 2. The summed E-state index contributed by atoms with van der Waals surface area (Å²) in [6, 6.07) is 11.9. The minimum absolute atomic E-state index is 0.298. The summed E-state index contributed by atoms with van der Waals surface area (Å²) in [7, 11) is -3.62. The molecule has 0 radical (unpaired) electrons. The first-order valence-corrected chi connectivity index (χ1v) is 13.0. The summed E-state index contributed by atoms with van der Waals surface area (Å²) in [6.45, 7) is 2.47. The van der Waals surface area contributed by atoms with E-state index in [1.54, 1.807) is 54.2 Å². The average molecular weight is 491 g/mol. The highest BCUT2D eigenvalue weighted by Gasteiger charge is 2.20. The molecule has 10 heteroatoms. The van der Waals surface area contributed by atoms with Crippen LogP contribution in [0.15, 0.2) is 42.5 Å².